The van der Waals surface area contributed by atoms with Gasteiger partial charge in [-0.1, -0.05) is 20.8 Å². The third-order valence-corrected chi connectivity index (χ3v) is 2.94. The zero-order valence-corrected chi connectivity index (χ0v) is 10.5. The van der Waals surface area contributed by atoms with E-state index < -0.39 is 0 Å². The van der Waals surface area contributed by atoms with E-state index in [0.29, 0.717) is 11.8 Å². The summed E-state index contributed by atoms with van der Waals surface area (Å²) in [5.74, 6) is 0.929. The number of rotatable bonds is 2. The highest BCUT2D eigenvalue weighted by Gasteiger charge is 2.30. The van der Waals surface area contributed by atoms with E-state index in [1.807, 2.05) is 32.7 Å². The Morgan fingerprint density at radius 1 is 1.47 bits per heavy atom. The van der Waals surface area contributed by atoms with E-state index in [1.165, 1.54) is 6.42 Å². The molecular weight excluding hydrogens is 188 g/mol. The van der Waals surface area contributed by atoms with Crippen LogP contribution >= 0.6 is 0 Å². The molecule has 1 N–H and O–H groups in total. The maximum Gasteiger partial charge on any atom is 0.227 e. The van der Waals surface area contributed by atoms with Gasteiger partial charge in [0.05, 0.1) is 0 Å². The molecule has 1 aliphatic heterocycles. The summed E-state index contributed by atoms with van der Waals surface area (Å²) in [6, 6.07) is 0. The van der Waals surface area contributed by atoms with Crippen LogP contribution in [0.3, 0.4) is 0 Å². The standard InChI is InChI=1S/C12H24N2O/c1-12(2,3)11(15)14-7-5-6-10(9-14)8-13-4/h10,13H,5-9H2,1-4H3. The summed E-state index contributed by atoms with van der Waals surface area (Å²) in [5.41, 5.74) is -0.235. The summed E-state index contributed by atoms with van der Waals surface area (Å²) >= 11 is 0. The third kappa shape index (κ3) is 3.49. The van der Waals surface area contributed by atoms with Gasteiger partial charge in [-0.3, -0.25) is 4.79 Å². The lowest BCUT2D eigenvalue weighted by Crippen LogP contribution is -2.46. The highest BCUT2D eigenvalue weighted by atomic mass is 16.2. The monoisotopic (exact) mass is 212 g/mol. The van der Waals surface area contributed by atoms with E-state index in [1.54, 1.807) is 0 Å². The highest BCUT2D eigenvalue weighted by molar-refractivity contribution is 5.81. The van der Waals surface area contributed by atoms with E-state index >= 15 is 0 Å². The fourth-order valence-electron chi connectivity index (χ4n) is 2.18. The average molecular weight is 212 g/mol. The average Bonchev–Trinajstić information content (AvgIpc) is 2.16. The Kier molecular flexibility index (Phi) is 4.14. The molecule has 0 aliphatic carbocycles. The van der Waals surface area contributed by atoms with Gasteiger partial charge >= 0.3 is 0 Å². The number of hydrogen-bond donors (Lipinski definition) is 1. The van der Waals surface area contributed by atoms with Crippen molar-refractivity contribution in [2.45, 2.75) is 33.6 Å². The van der Waals surface area contributed by atoms with Gasteiger partial charge in [-0.05, 0) is 32.4 Å². The molecule has 0 spiro atoms. The quantitative estimate of drug-likeness (QED) is 0.752. The Morgan fingerprint density at radius 3 is 2.67 bits per heavy atom. The van der Waals surface area contributed by atoms with Crippen LogP contribution in [-0.2, 0) is 4.79 Å². The van der Waals surface area contributed by atoms with E-state index in [4.69, 9.17) is 0 Å². The van der Waals surface area contributed by atoms with Crippen LogP contribution in [0, 0.1) is 11.3 Å². The molecule has 3 nitrogen and oxygen atoms in total. The Morgan fingerprint density at radius 2 is 2.13 bits per heavy atom. The number of amides is 1. The number of piperidine rings is 1. The molecular formula is C12H24N2O. The largest absolute Gasteiger partial charge is 0.342 e. The van der Waals surface area contributed by atoms with Crippen LogP contribution in [0.25, 0.3) is 0 Å². The Bertz CT molecular complexity index is 218. The van der Waals surface area contributed by atoms with Crippen molar-refractivity contribution in [3.63, 3.8) is 0 Å². The number of carbonyl (C=O) groups excluding carboxylic acids is 1. The summed E-state index contributed by atoms with van der Waals surface area (Å²) in [5, 5.41) is 3.20. The van der Waals surface area contributed by atoms with Crippen molar-refractivity contribution in [3.8, 4) is 0 Å². The minimum atomic E-state index is -0.235. The minimum Gasteiger partial charge on any atom is -0.342 e. The molecule has 1 heterocycles. The Hall–Kier alpha value is -0.570. The number of carbonyl (C=O) groups is 1. The fourth-order valence-corrected chi connectivity index (χ4v) is 2.18. The van der Waals surface area contributed by atoms with E-state index in [-0.39, 0.29) is 5.41 Å². The second-order valence-corrected chi connectivity index (χ2v) is 5.57. The first-order valence-electron chi connectivity index (χ1n) is 5.89. The molecule has 0 saturated carbocycles. The van der Waals surface area contributed by atoms with Crippen LogP contribution in [0.15, 0.2) is 0 Å². The third-order valence-electron chi connectivity index (χ3n) is 2.94. The van der Waals surface area contributed by atoms with E-state index in [0.717, 1.165) is 26.1 Å². The van der Waals surface area contributed by atoms with Crippen LogP contribution in [-0.4, -0.2) is 37.5 Å². The van der Waals surface area contributed by atoms with Gasteiger partial charge in [0.15, 0.2) is 0 Å². The number of hydrogen-bond acceptors (Lipinski definition) is 2. The SMILES string of the molecule is CNCC1CCCN(C(=O)C(C)(C)C)C1. The van der Waals surface area contributed by atoms with Crippen molar-refractivity contribution in [2.24, 2.45) is 11.3 Å². The molecule has 1 fully saturated rings. The maximum absolute atomic E-state index is 12.1. The predicted octanol–water partition coefficient (Wildman–Crippen LogP) is 1.49. The van der Waals surface area contributed by atoms with Crippen LogP contribution in [0.1, 0.15) is 33.6 Å². The van der Waals surface area contributed by atoms with Crippen molar-refractivity contribution >= 4 is 5.91 Å². The fraction of sp³-hybridized carbons (Fsp3) is 0.917. The summed E-state index contributed by atoms with van der Waals surface area (Å²) in [6.07, 6.45) is 2.39. The lowest BCUT2D eigenvalue weighted by atomic mass is 9.91. The van der Waals surface area contributed by atoms with Crippen LogP contribution in [0.2, 0.25) is 0 Å². The summed E-state index contributed by atoms with van der Waals surface area (Å²) in [7, 11) is 1.98. The van der Waals surface area contributed by atoms with Gasteiger partial charge in [0, 0.05) is 18.5 Å². The molecule has 0 aromatic rings. The number of likely N-dealkylation sites (tertiary alicyclic amines) is 1. The molecule has 1 atom stereocenters. The lowest BCUT2D eigenvalue weighted by Gasteiger charge is -2.36. The predicted molar refractivity (Wildman–Crippen MR) is 62.7 cm³/mol. The maximum atomic E-state index is 12.1. The normalized spacial score (nSPS) is 22.9. The van der Waals surface area contributed by atoms with Gasteiger partial charge in [-0.2, -0.15) is 0 Å². The van der Waals surface area contributed by atoms with Gasteiger partial charge in [0.2, 0.25) is 5.91 Å². The molecule has 1 amide bonds. The molecule has 1 rings (SSSR count). The van der Waals surface area contributed by atoms with Gasteiger partial charge in [-0.25, -0.2) is 0 Å². The highest BCUT2D eigenvalue weighted by Crippen LogP contribution is 2.22. The molecule has 1 aliphatic rings. The van der Waals surface area contributed by atoms with Crippen molar-refractivity contribution in [3.05, 3.63) is 0 Å². The van der Waals surface area contributed by atoms with Gasteiger partial charge in [-0.15, -0.1) is 0 Å². The van der Waals surface area contributed by atoms with Crippen molar-refractivity contribution in [1.29, 1.82) is 0 Å². The van der Waals surface area contributed by atoms with Gasteiger partial charge < -0.3 is 10.2 Å². The first kappa shape index (κ1) is 12.5. The van der Waals surface area contributed by atoms with Crippen LogP contribution < -0.4 is 5.32 Å². The van der Waals surface area contributed by atoms with Crippen molar-refractivity contribution < 1.29 is 4.79 Å². The number of nitrogens with one attached hydrogen (secondary N) is 1. The zero-order valence-electron chi connectivity index (χ0n) is 10.5. The smallest absolute Gasteiger partial charge is 0.227 e. The molecule has 0 bridgehead atoms. The molecule has 1 saturated heterocycles. The molecule has 1 unspecified atom stereocenters. The number of nitrogens with zero attached hydrogens (tertiary/aromatic N) is 1. The summed E-state index contributed by atoms with van der Waals surface area (Å²) in [4.78, 5) is 14.1. The molecule has 0 radical (unpaired) electrons. The molecule has 88 valence electrons. The van der Waals surface area contributed by atoms with Crippen LogP contribution in [0.4, 0.5) is 0 Å². The van der Waals surface area contributed by atoms with Gasteiger partial charge in [0.1, 0.15) is 0 Å². The first-order chi connectivity index (χ1) is 6.95. The minimum absolute atomic E-state index is 0.235. The van der Waals surface area contributed by atoms with E-state index in [2.05, 4.69) is 5.32 Å². The molecule has 3 heteroatoms. The molecule has 0 aromatic carbocycles. The molecule has 0 aromatic heterocycles. The van der Waals surface area contributed by atoms with Crippen molar-refractivity contribution in [2.75, 3.05) is 26.7 Å². The van der Waals surface area contributed by atoms with Crippen molar-refractivity contribution in [1.82, 2.24) is 10.2 Å². The van der Waals surface area contributed by atoms with Crippen LogP contribution in [0.5, 0.6) is 0 Å². The Labute approximate surface area is 93.2 Å². The zero-order chi connectivity index (χ0) is 11.5. The topological polar surface area (TPSA) is 32.3 Å². The molecule has 15 heavy (non-hydrogen) atoms. The van der Waals surface area contributed by atoms with Gasteiger partial charge in [0.25, 0.3) is 0 Å². The van der Waals surface area contributed by atoms with E-state index in [9.17, 15) is 4.79 Å². The summed E-state index contributed by atoms with van der Waals surface area (Å²) in [6.45, 7) is 8.88. The first-order valence-corrected chi connectivity index (χ1v) is 5.89. The summed E-state index contributed by atoms with van der Waals surface area (Å²) < 4.78 is 0. The Balaban J connectivity index is 2.52. The second-order valence-electron chi connectivity index (χ2n) is 5.57. The second kappa shape index (κ2) is 4.97. The lowest BCUT2D eigenvalue weighted by molar-refractivity contribution is -0.141.